The van der Waals surface area contributed by atoms with Crippen molar-refractivity contribution < 1.29 is 9.90 Å². The predicted molar refractivity (Wildman–Crippen MR) is 73.4 cm³/mol. The van der Waals surface area contributed by atoms with Crippen molar-refractivity contribution in [2.75, 3.05) is 13.2 Å². The number of hydrogen-bond acceptors (Lipinski definition) is 2. The average Bonchev–Trinajstić information content (AvgIpc) is 2.35. The number of amides is 1. The fourth-order valence-electron chi connectivity index (χ4n) is 2.04. The van der Waals surface area contributed by atoms with Gasteiger partial charge in [-0.15, -0.1) is 0 Å². The van der Waals surface area contributed by atoms with Gasteiger partial charge in [0.2, 0.25) is 5.91 Å². The standard InChI is InChI=1S/C15H23NO2/c1-12(2)16(10-11-17)14(18)15(3,4)13-8-6-5-7-9-13/h5-9,12,17H,10-11H2,1-4H3. The maximum Gasteiger partial charge on any atom is 0.232 e. The summed E-state index contributed by atoms with van der Waals surface area (Å²) in [6.07, 6.45) is 0. The molecule has 18 heavy (non-hydrogen) atoms. The lowest BCUT2D eigenvalue weighted by atomic mass is 9.83. The summed E-state index contributed by atoms with van der Waals surface area (Å²) in [7, 11) is 0. The van der Waals surface area contributed by atoms with Gasteiger partial charge in [0.1, 0.15) is 0 Å². The summed E-state index contributed by atoms with van der Waals surface area (Å²) in [6, 6.07) is 9.85. The first-order valence-corrected chi connectivity index (χ1v) is 6.38. The summed E-state index contributed by atoms with van der Waals surface area (Å²) in [5, 5.41) is 9.08. The van der Waals surface area contributed by atoms with Crippen molar-refractivity contribution in [3.8, 4) is 0 Å². The Morgan fingerprint density at radius 3 is 2.28 bits per heavy atom. The van der Waals surface area contributed by atoms with Crippen LogP contribution in [0.4, 0.5) is 0 Å². The van der Waals surface area contributed by atoms with Crippen molar-refractivity contribution in [3.63, 3.8) is 0 Å². The van der Waals surface area contributed by atoms with Crippen LogP contribution in [0.15, 0.2) is 30.3 Å². The quantitative estimate of drug-likeness (QED) is 0.869. The number of rotatable bonds is 5. The van der Waals surface area contributed by atoms with Crippen molar-refractivity contribution >= 4 is 5.91 Å². The molecule has 0 aromatic heterocycles. The van der Waals surface area contributed by atoms with Gasteiger partial charge in [0, 0.05) is 12.6 Å². The second-order valence-electron chi connectivity index (χ2n) is 5.31. The van der Waals surface area contributed by atoms with Gasteiger partial charge in [-0.25, -0.2) is 0 Å². The Labute approximate surface area is 109 Å². The van der Waals surface area contributed by atoms with E-state index in [0.717, 1.165) is 5.56 Å². The van der Waals surface area contributed by atoms with Gasteiger partial charge in [0.25, 0.3) is 0 Å². The van der Waals surface area contributed by atoms with Gasteiger partial charge in [0.05, 0.1) is 12.0 Å². The molecule has 1 aromatic rings. The third kappa shape index (κ3) is 3.10. The van der Waals surface area contributed by atoms with Gasteiger partial charge in [-0.1, -0.05) is 30.3 Å². The Hall–Kier alpha value is -1.35. The number of benzene rings is 1. The molecular formula is C15H23NO2. The predicted octanol–water partition coefficient (Wildman–Crippen LogP) is 2.19. The van der Waals surface area contributed by atoms with Crippen LogP contribution in [0.25, 0.3) is 0 Å². The Balaban J connectivity index is 3.00. The molecule has 100 valence electrons. The van der Waals surface area contributed by atoms with Gasteiger partial charge in [0.15, 0.2) is 0 Å². The van der Waals surface area contributed by atoms with E-state index in [1.807, 2.05) is 58.0 Å². The number of aliphatic hydroxyl groups excluding tert-OH is 1. The van der Waals surface area contributed by atoms with Crippen molar-refractivity contribution in [2.24, 2.45) is 0 Å². The minimum atomic E-state index is -0.569. The third-order valence-electron chi connectivity index (χ3n) is 3.26. The van der Waals surface area contributed by atoms with Gasteiger partial charge in [-0.3, -0.25) is 4.79 Å². The van der Waals surface area contributed by atoms with Crippen LogP contribution in [0.2, 0.25) is 0 Å². The van der Waals surface area contributed by atoms with Crippen LogP contribution >= 0.6 is 0 Å². The highest BCUT2D eigenvalue weighted by atomic mass is 16.3. The van der Waals surface area contributed by atoms with Crippen molar-refractivity contribution in [1.82, 2.24) is 4.90 Å². The summed E-state index contributed by atoms with van der Waals surface area (Å²) in [6.45, 7) is 8.17. The van der Waals surface area contributed by atoms with E-state index in [1.54, 1.807) is 4.90 Å². The molecule has 0 unspecified atom stereocenters. The molecule has 0 aliphatic rings. The van der Waals surface area contributed by atoms with Gasteiger partial charge >= 0.3 is 0 Å². The molecule has 1 amide bonds. The van der Waals surface area contributed by atoms with Crippen molar-refractivity contribution in [3.05, 3.63) is 35.9 Å². The lowest BCUT2D eigenvalue weighted by molar-refractivity contribution is -0.138. The molecule has 3 nitrogen and oxygen atoms in total. The van der Waals surface area contributed by atoms with Crippen LogP contribution in [0.3, 0.4) is 0 Å². The molecular weight excluding hydrogens is 226 g/mol. The van der Waals surface area contributed by atoms with E-state index < -0.39 is 5.41 Å². The average molecular weight is 249 g/mol. The zero-order chi connectivity index (χ0) is 13.8. The second kappa shape index (κ2) is 6.01. The highest BCUT2D eigenvalue weighted by molar-refractivity contribution is 5.87. The topological polar surface area (TPSA) is 40.5 Å². The number of nitrogens with zero attached hydrogens (tertiary/aromatic N) is 1. The van der Waals surface area contributed by atoms with Crippen molar-refractivity contribution in [2.45, 2.75) is 39.2 Å². The minimum Gasteiger partial charge on any atom is -0.395 e. The maximum atomic E-state index is 12.6. The Morgan fingerprint density at radius 1 is 1.28 bits per heavy atom. The summed E-state index contributed by atoms with van der Waals surface area (Å²) in [4.78, 5) is 14.3. The summed E-state index contributed by atoms with van der Waals surface area (Å²) < 4.78 is 0. The van der Waals surface area contributed by atoms with Gasteiger partial charge < -0.3 is 10.0 Å². The first-order valence-electron chi connectivity index (χ1n) is 6.38. The smallest absolute Gasteiger partial charge is 0.232 e. The molecule has 1 N–H and O–H groups in total. The molecule has 0 saturated heterocycles. The van der Waals surface area contributed by atoms with E-state index in [9.17, 15) is 4.79 Å². The van der Waals surface area contributed by atoms with E-state index in [-0.39, 0.29) is 18.6 Å². The molecule has 0 bridgehead atoms. The maximum absolute atomic E-state index is 12.6. The molecule has 1 aromatic carbocycles. The van der Waals surface area contributed by atoms with Crippen LogP contribution in [0, 0.1) is 0 Å². The zero-order valence-electron chi connectivity index (χ0n) is 11.7. The zero-order valence-corrected chi connectivity index (χ0v) is 11.7. The Bertz CT molecular complexity index is 385. The molecule has 0 saturated carbocycles. The fourth-order valence-corrected chi connectivity index (χ4v) is 2.04. The molecule has 0 atom stereocenters. The van der Waals surface area contributed by atoms with Crippen LogP contribution in [0.5, 0.6) is 0 Å². The Morgan fingerprint density at radius 2 is 1.83 bits per heavy atom. The summed E-state index contributed by atoms with van der Waals surface area (Å²) >= 11 is 0. The number of hydrogen-bond donors (Lipinski definition) is 1. The first kappa shape index (κ1) is 14.7. The van der Waals surface area contributed by atoms with Crippen LogP contribution < -0.4 is 0 Å². The number of carbonyl (C=O) groups is 1. The van der Waals surface area contributed by atoms with Crippen molar-refractivity contribution in [1.29, 1.82) is 0 Å². The monoisotopic (exact) mass is 249 g/mol. The summed E-state index contributed by atoms with van der Waals surface area (Å²) in [5.41, 5.74) is 0.430. The van der Waals surface area contributed by atoms with E-state index >= 15 is 0 Å². The largest absolute Gasteiger partial charge is 0.395 e. The summed E-state index contributed by atoms with van der Waals surface area (Å²) in [5.74, 6) is 0.0535. The second-order valence-corrected chi connectivity index (χ2v) is 5.31. The lowest BCUT2D eigenvalue weighted by Crippen LogP contribution is -2.47. The van der Waals surface area contributed by atoms with E-state index in [1.165, 1.54) is 0 Å². The molecule has 0 spiro atoms. The molecule has 0 fully saturated rings. The highest BCUT2D eigenvalue weighted by Gasteiger charge is 2.34. The lowest BCUT2D eigenvalue weighted by Gasteiger charge is -2.34. The van der Waals surface area contributed by atoms with Crippen LogP contribution in [0.1, 0.15) is 33.3 Å². The van der Waals surface area contributed by atoms with E-state index in [0.29, 0.717) is 6.54 Å². The molecule has 0 radical (unpaired) electrons. The fraction of sp³-hybridized carbons (Fsp3) is 0.533. The number of carbonyl (C=O) groups excluding carboxylic acids is 1. The molecule has 0 aliphatic heterocycles. The highest BCUT2D eigenvalue weighted by Crippen LogP contribution is 2.26. The normalized spacial score (nSPS) is 11.7. The first-order chi connectivity index (χ1) is 8.41. The molecule has 0 heterocycles. The molecule has 0 aliphatic carbocycles. The van der Waals surface area contributed by atoms with Gasteiger partial charge in [-0.05, 0) is 33.3 Å². The molecule has 1 rings (SSSR count). The SMILES string of the molecule is CC(C)N(CCO)C(=O)C(C)(C)c1ccccc1. The molecule has 3 heteroatoms. The van der Waals surface area contributed by atoms with E-state index in [2.05, 4.69) is 0 Å². The Kier molecular flexibility index (Phi) is 4.91. The third-order valence-corrected chi connectivity index (χ3v) is 3.26. The number of aliphatic hydroxyl groups is 1. The van der Waals surface area contributed by atoms with Crippen LogP contribution in [-0.4, -0.2) is 35.1 Å². The van der Waals surface area contributed by atoms with E-state index in [4.69, 9.17) is 5.11 Å². The van der Waals surface area contributed by atoms with Gasteiger partial charge in [-0.2, -0.15) is 0 Å². The van der Waals surface area contributed by atoms with Crippen LogP contribution in [-0.2, 0) is 10.2 Å². The minimum absolute atomic E-state index is 0.00517.